The van der Waals surface area contributed by atoms with Crippen LogP contribution in [0.2, 0.25) is 0 Å². The lowest BCUT2D eigenvalue weighted by Gasteiger charge is -2.21. The Morgan fingerprint density at radius 3 is 2.68 bits per heavy atom. The van der Waals surface area contributed by atoms with E-state index in [1.165, 1.54) is 56.9 Å². The average molecular weight is 425 g/mol. The van der Waals surface area contributed by atoms with E-state index >= 15 is 0 Å². The van der Waals surface area contributed by atoms with E-state index in [4.69, 9.17) is 20.3 Å². The summed E-state index contributed by atoms with van der Waals surface area (Å²) in [5.74, 6) is 1.93. The summed E-state index contributed by atoms with van der Waals surface area (Å²) in [5, 5.41) is 16.2. The monoisotopic (exact) mass is 424 g/mol. The SMILES string of the molecule is N=C(N)C1(c2nnc(-c3cccc(CCCCCCOCC4CCCCC4)c3)o2)CC1. The van der Waals surface area contributed by atoms with Crippen molar-refractivity contribution < 1.29 is 9.15 Å². The van der Waals surface area contributed by atoms with E-state index < -0.39 is 5.41 Å². The van der Waals surface area contributed by atoms with Crippen LogP contribution in [0.5, 0.6) is 0 Å². The Hall–Kier alpha value is -2.21. The van der Waals surface area contributed by atoms with Crippen LogP contribution in [-0.4, -0.2) is 29.2 Å². The van der Waals surface area contributed by atoms with Crippen molar-refractivity contribution >= 4 is 5.84 Å². The van der Waals surface area contributed by atoms with Crippen LogP contribution in [0.4, 0.5) is 0 Å². The van der Waals surface area contributed by atoms with Crippen LogP contribution in [0.25, 0.3) is 11.5 Å². The molecule has 2 saturated carbocycles. The zero-order chi connectivity index (χ0) is 21.5. The maximum Gasteiger partial charge on any atom is 0.247 e. The molecule has 0 radical (unpaired) electrons. The van der Waals surface area contributed by atoms with Gasteiger partial charge in [-0.3, -0.25) is 5.41 Å². The number of aryl methyl sites for hydroxylation is 1. The quantitative estimate of drug-likeness (QED) is 0.270. The van der Waals surface area contributed by atoms with Crippen molar-refractivity contribution in [1.29, 1.82) is 5.41 Å². The lowest BCUT2D eigenvalue weighted by molar-refractivity contribution is 0.0824. The number of unbranched alkanes of at least 4 members (excludes halogenated alkanes) is 3. The van der Waals surface area contributed by atoms with Gasteiger partial charge in [0.15, 0.2) is 0 Å². The highest BCUT2D eigenvalue weighted by molar-refractivity contribution is 5.91. The predicted octanol–water partition coefficient (Wildman–Crippen LogP) is 5.40. The Balaban J connectivity index is 1.16. The Bertz CT molecular complexity index is 853. The number of hydrogen-bond donors (Lipinski definition) is 2. The van der Waals surface area contributed by atoms with Crippen molar-refractivity contribution in [3.8, 4) is 11.5 Å². The summed E-state index contributed by atoms with van der Waals surface area (Å²) in [6, 6.07) is 8.34. The first-order valence-corrected chi connectivity index (χ1v) is 12.0. The van der Waals surface area contributed by atoms with Gasteiger partial charge in [-0.1, -0.05) is 44.2 Å². The largest absolute Gasteiger partial charge is 0.420 e. The first-order chi connectivity index (χ1) is 15.2. The minimum absolute atomic E-state index is 0.121. The van der Waals surface area contributed by atoms with Gasteiger partial charge in [0.25, 0.3) is 0 Å². The van der Waals surface area contributed by atoms with Crippen molar-refractivity contribution in [3.63, 3.8) is 0 Å². The molecule has 1 aromatic carbocycles. The van der Waals surface area contributed by atoms with E-state index in [0.29, 0.717) is 11.8 Å². The Morgan fingerprint density at radius 1 is 1.10 bits per heavy atom. The highest BCUT2D eigenvalue weighted by Gasteiger charge is 2.52. The van der Waals surface area contributed by atoms with Crippen molar-refractivity contribution in [2.75, 3.05) is 13.2 Å². The molecule has 2 aliphatic carbocycles. The average Bonchev–Trinajstić information content (AvgIpc) is 3.46. The Kier molecular flexibility index (Phi) is 7.38. The summed E-state index contributed by atoms with van der Waals surface area (Å²) in [6.45, 7) is 1.88. The molecule has 0 unspecified atom stereocenters. The van der Waals surface area contributed by atoms with E-state index in [1.807, 2.05) is 12.1 Å². The number of rotatable bonds is 12. The molecule has 1 heterocycles. The van der Waals surface area contributed by atoms with Gasteiger partial charge >= 0.3 is 0 Å². The van der Waals surface area contributed by atoms with Crippen LogP contribution < -0.4 is 5.73 Å². The summed E-state index contributed by atoms with van der Waals surface area (Å²) < 4.78 is 11.8. The van der Waals surface area contributed by atoms with E-state index in [9.17, 15) is 0 Å². The molecule has 31 heavy (non-hydrogen) atoms. The summed E-state index contributed by atoms with van der Waals surface area (Å²) in [4.78, 5) is 0. The second-order valence-electron chi connectivity index (χ2n) is 9.35. The van der Waals surface area contributed by atoms with Crippen molar-refractivity contribution in [2.24, 2.45) is 11.7 Å². The highest BCUT2D eigenvalue weighted by Crippen LogP contribution is 2.47. The number of hydrogen-bond acceptors (Lipinski definition) is 5. The van der Waals surface area contributed by atoms with Gasteiger partial charge in [-0.15, -0.1) is 10.2 Å². The zero-order valence-electron chi connectivity index (χ0n) is 18.6. The third-order valence-electron chi connectivity index (χ3n) is 6.86. The smallest absolute Gasteiger partial charge is 0.247 e. The van der Waals surface area contributed by atoms with Crippen molar-refractivity contribution in [3.05, 3.63) is 35.7 Å². The number of nitrogens with two attached hydrogens (primary N) is 1. The first kappa shape index (κ1) is 22.0. The van der Waals surface area contributed by atoms with E-state index in [2.05, 4.69) is 22.3 Å². The lowest BCUT2D eigenvalue weighted by atomic mass is 9.90. The number of nitrogens with one attached hydrogen (secondary N) is 1. The van der Waals surface area contributed by atoms with Crippen LogP contribution >= 0.6 is 0 Å². The highest BCUT2D eigenvalue weighted by atomic mass is 16.5. The third-order valence-corrected chi connectivity index (χ3v) is 6.86. The minimum Gasteiger partial charge on any atom is -0.420 e. The van der Waals surface area contributed by atoms with Gasteiger partial charge in [0, 0.05) is 18.8 Å². The second kappa shape index (κ2) is 10.4. The molecule has 2 aliphatic rings. The molecule has 0 atom stereocenters. The van der Waals surface area contributed by atoms with Crippen LogP contribution in [0, 0.1) is 11.3 Å². The minimum atomic E-state index is -0.511. The number of amidine groups is 1. The van der Waals surface area contributed by atoms with Crippen LogP contribution in [0.15, 0.2) is 28.7 Å². The molecular formula is C25H36N4O2. The summed E-state index contributed by atoms with van der Waals surface area (Å²) in [6.07, 6.45) is 14.4. The number of aromatic nitrogens is 2. The van der Waals surface area contributed by atoms with Gasteiger partial charge < -0.3 is 14.9 Å². The standard InChI is InChI=1S/C25H36N4O2/c26-23(27)25(14-15-25)24-29-28-22(31-24)21-13-8-12-19(17-21)9-4-1-2-7-16-30-18-20-10-5-3-6-11-20/h8,12-13,17,20H,1-7,9-11,14-16,18H2,(H3,26,27). The molecule has 0 saturated heterocycles. The molecule has 2 fully saturated rings. The van der Waals surface area contributed by atoms with Crippen LogP contribution in [0.1, 0.15) is 82.1 Å². The predicted molar refractivity (Wildman–Crippen MR) is 122 cm³/mol. The first-order valence-electron chi connectivity index (χ1n) is 12.0. The lowest BCUT2D eigenvalue weighted by Crippen LogP contribution is -2.27. The molecule has 168 valence electrons. The normalized spacial score (nSPS) is 18.2. The summed E-state index contributed by atoms with van der Waals surface area (Å²) in [5.41, 5.74) is 7.44. The van der Waals surface area contributed by atoms with Crippen molar-refractivity contribution in [1.82, 2.24) is 10.2 Å². The van der Waals surface area contributed by atoms with Gasteiger partial charge in [-0.05, 0) is 68.6 Å². The summed E-state index contributed by atoms with van der Waals surface area (Å²) >= 11 is 0. The Morgan fingerprint density at radius 2 is 1.90 bits per heavy atom. The van der Waals surface area contributed by atoms with Crippen LogP contribution in [0.3, 0.4) is 0 Å². The molecule has 4 rings (SSSR count). The van der Waals surface area contributed by atoms with Crippen LogP contribution in [-0.2, 0) is 16.6 Å². The molecule has 0 amide bonds. The van der Waals surface area contributed by atoms with Gasteiger partial charge in [0.05, 0.1) is 0 Å². The molecule has 1 aromatic heterocycles. The second-order valence-corrected chi connectivity index (χ2v) is 9.35. The van der Waals surface area contributed by atoms with E-state index in [0.717, 1.165) is 50.4 Å². The van der Waals surface area contributed by atoms with Gasteiger partial charge in [0.1, 0.15) is 11.3 Å². The topological polar surface area (TPSA) is 98.0 Å². The number of nitrogens with zero attached hydrogens (tertiary/aromatic N) is 2. The number of benzene rings is 1. The molecule has 6 nitrogen and oxygen atoms in total. The molecule has 0 spiro atoms. The summed E-state index contributed by atoms with van der Waals surface area (Å²) in [7, 11) is 0. The maximum absolute atomic E-state index is 7.78. The zero-order valence-corrected chi connectivity index (χ0v) is 18.6. The van der Waals surface area contributed by atoms with E-state index in [1.54, 1.807) is 0 Å². The fourth-order valence-corrected chi connectivity index (χ4v) is 4.61. The molecule has 0 bridgehead atoms. The molecule has 6 heteroatoms. The fourth-order valence-electron chi connectivity index (χ4n) is 4.61. The third kappa shape index (κ3) is 5.73. The van der Waals surface area contributed by atoms with E-state index in [-0.39, 0.29) is 5.84 Å². The molecule has 3 N–H and O–H groups in total. The van der Waals surface area contributed by atoms with Gasteiger partial charge in [0.2, 0.25) is 11.8 Å². The van der Waals surface area contributed by atoms with Gasteiger partial charge in [-0.25, -0.2) is 0 Å². The fraction of sp³-hybridized carbons (Fsp3) is 0.640. The number of ether oxygens (including phenoxy) is 1. The molecular weight excluding hydrogens is 388 g/mol. The van der Waals surface area contributed by atoms with Crippen molar-refractivity contribution in [2.45, 2.75) is 82.5 Å². The van der Waals surface area contributed by atoms with Gasteiger partial charge in [-0.2, -0.15) is 0 Å². The molecule has 0 aliphatic heterocycles. The maximum atomic E-state index is 7.78. The Labute approximate surface area is 185 Å². The molecule has 2 aromatic rings.